The van der Waals surface area contributed by atoms with E-state index in [9.17, 15) is 4.79 Å². The van der Waals surface area contributed by atoms with Gasteiger partial charge in [0.2, 0.25) is 0 Å². The standard InChI is InChI=1S/C19H24N2O2/c1-15-6-4-7-18(14-15)23-13-5-12-20-19(22)16-8-10-17(11-9-16)21(2)3/h4,6-11,14H,5,12-13H2,1-3H3,(H,20,22). The Morgan fingerprint density at radius 2 is 1.87 bits per heavy atom. The van der Waals surface area contributed by atoms with Crippen LogP contribution < -0.4 is 15.0 Å². The molecule has 2 aromatic carbocycles. The molecule has 0 atom stereocenters. The lowest BCUT2D eigenvalue weighted by atomic mass is 10.2. The summed E-state index contributed by atoms with van der Waals surface area (Å²) in [6.07, 6.45) is 0.773. The summed E-state index contributed by atoms with van der Waals surface area (Å²) in [5, 5.41) is 2.91. The average molecular weight is 312 g/mol. The fourth-order valence-electron chi connectivity index (χ4n) is 2.18. The van der Waals surface area contributed by atoms with Crippen molar-refractivity contribution >= 4 is 11.6 Å². The molecule has 0 fully saturated rings. The molecule has 2 rings (SSSR count). The van der Waals surface area contributed by atoms with Gasteiger partial charge < -0.3 is 15.0 Å². The number of aryl methyl sites for hydroxylation is 1. The van der Waals surface area contributed by atoms with Crippen LogP contribution >= 0.6 is 0 Å². The Kier molecular flexibility index (Phi) is 6.03. The summed E-state index contributed by atoms with van der Waals surface area (Å²) in [5.41, 5.74) is 2.93. The molecule has 0 saturated heterocycles. The van der Waals surface area contributed by atoms with E-state index in [0.29, 0.717) is 18.7 Å². The third-order valence-corrected chi connectivity index (χ3v) is 3.51. The predicted octanol–water partition coefficient (Wildman–Crippen LogP) is 3.26. The smallest absolute Gasteiger partial charge is 0.251 e. The lowest BCUT2D eigenvalue weighted by Crippen LogP contribution is -2.25. The molecule has 23 heavy (non-hydrogen) atoms. The number of nitrogens with one attached hydrogen (secondary N) is 1. The summed E-state index contributed by atoms with van der Waals surface area (Å²) < 4.78 is 5.66. The largest absolute Gasteiger partial charge is 0.494 e. The lowest BCUT2D eigenvalue weighted by Gasteiger charge is -2.12. The number of benzene rings is 2. The van der Waals surface area contributed by atoms with Crippen LogP contribution in [0.4, 0.5) is 5.69 Å². The molecule has 0 aliphatic rings. The van der Waals surface area contributed by atoms with E-state index in [1.54, 1.807) is 0 Å². The molecule has 0 heterocycles. The second-order valence-corrected chi connectivity index (χ2v) is 5.72. The molecular formula is C19H24N2O2. The molecule has 0 aliphatic heterocycles. The Morgan fingerprint density at radius 1 is 1.13 bits per heavy atom. The summed E-state index contributed by atoms with van der Waals surface area (Å²) in [4.78, 5) is 14.0. The average Bonchev–Trinajstić information content (AvgIpc) is 2.54. The third-order valence-electron chi connectivity index (χ3n) is 3.51. The van der Waals surface area contributed by atoms with Gasteiger partial charge in [0.05, 0.1) is 6.61 Å². The molecule has 0 radical (unpaired) electrons. The van der Waals surface area contributed by atoms with Crippen LogP contribution in [0.25, 0.3) is 0 Å². The highest BCUT2D eigenvalue weighted by Gasteiger charge is 2.05. The summed E-state index contributed by atoms with van der Waals surface area (Å²) >= 11 is 0. The minimum Gasteiger partial charge on any atom is -0.494 e. The van der Waals surface area contributed by atoms with Gasteiger partial charge in [0.25, 0.3) is 5.91 Å². The monoisotopic (exact) mass is 312 g/mol. The van der Waals surface area contributed by atoms with Crippen molar-refractivity contribution < 1.29 is 9.53 Å². The van der Waals surface area contributed by atoms with Gasteiger partial charge in [-0.3, -0.25) is 4.79 Å². The van der Waals surface area contributed by atoms with E-state index in [2.05, 4.69) is 5.32 Å². The molecule has 122 valence electrons. The van der Waals surface area contributed by atoms with Crippen LogP contribution in [0.3, 0.4) is 0 Å². The topological polar surface area (TPSA) is 41.6 Å². The molecule has 4 nitrogen and oxygen atoms in total. The van der Waals surface area contributed by atoms with E-state index in [1.165, 1.54) is 5.56 Å². The summed E-state index contributed by atoms with van der Waals surface area (Å²) in [6.45, 7) is 3.22. The highest BCUT2D eigenvalue weighted by molar-refractivity contribution is 5.94. The van der Waals surface area contributed by atoms with Crippen LogP contribution in [0, 0.1) is 6.92 Å². The van der Waals surface area contributed by atoms with Gasteiger partial charge >= 0.3 is 0 Å². The van der Waals surface area contributed by atoms with E-state index < -0.39 is 0 Å². The Hall–Kier alpha value is -2.49. The normalized spacial score (nSPS) is 10.2. The first kappa shape index (κ1) is 16.9. The molecular weight excluding hydrogens is 288 g/mol. The van der Waals surface area contributed by atoms with Gasteiger partial charge in [-0.1, -0.05) is 12.1 Å². The second-order valence-electron chi connectivity index (χ2n) is 5.72. The fourth-order valence-corrected chi connectivity index (χ4v) is 2.18. The van der Waals surface area contributed by atoms with Crippen LogP contribution in [0.1, 0.15) is 22.3 Å². The van der Waals surface area contributed by atoms with E-state index in [4.69, 9.17) is 4.74 Å². The molecule has 0 bridgehead atoms. The van der Waals surface area contributed by atoms with Crippen molar-refractivity contribution in [2.24, 2.45) is 0 Å². The molecule has 1 N–H and O–H groups in total. The zero-order valence-electron chi connectivity index (χ0n) is 14.0. The molecule has 0 unspecified atom stereocenters. The van der Waals surface area contributed by atoms with Gasteiger partial charge in [-0.2, -0.15) is 0 Å². The lowest BCUT2D eigenvalue weighted by molar-refractivity contribution is 0.0951. The van der Waals surface area contributed by atoms with Gasteiger partial charge in [-0.05, 0) is 55.3 Å². The van der Waals surface area contributed by atoms with Crippen LogP contribution in [0.5, 0.6) is 5.75 Å². The van der Waals surface area contributed by atoms with Crippen LogP contribution in [0.15, 0.2) is 48.5 Å². The maximum atomic E-state index is 12.0. The molecule has 1 amide bonds. The first-order chi connectivity index (χ1) is 11.1. The minimum atomic E-state index is -0.0501. The van der Waals surface area contributed by atoms with Gasteiger partial charge in [0, 0.05) is 31.9 Å². The van der Waals surface area contributed by atoms with Crippen molar-refractivity contribution in [2.45, 2.75) is 13.3 Å². The van der Waals surface area contributed by atoms with Gasteiger partial charge in [0.1, 0.15) is 5.75 Å². The van der Waals surface area contributed by atoms with Crippen LogP contribution in [-0.4, -0.2) is 33.2 Å². The molecule has 0 saturated carbocycles. The predicted molar refractivity (Wildman–Crippen MR) is 94.4 cm³/mol. The number of anilines is 1. The number of carbonyl (C=O) groups excluding carboxylic acids is 1. The molecule has 4 heteroatoms. The Balaban J connectivity index is 1.70. The summed E-state index contributed by atoms with van der Waals surface area (Å²) in [6, 6.07) is 15.5. The summed E-state index contributed by atoms with van der Waals surface area (Å²) in [5.74, 6) is 0.821. The molecule has 2 aromatic rings. The molecule has 0 spiro atoms. The van der Waals surface area contributed by atoms with Crippen molar-refractivity contribution in [3.8, 4) is 5.75 Å². The number of nitrogens with zero attached hydrogens (tertiary/aromatic N) is 1. The number of hydrogen-bond acceptors (Lipinski definition) is 3. The first-order valence-electron chi connectivity index (χ1n) is 7.81. The van der Waals surface area contributed by atoms with E-state index in [-0.39, 0.29) is 5.91 Å². The maximum absolute atomic E-state index is 12.0. The minimum absolute atomic E-state index is 0.0501. The van der Waals surface area contributed by atoms with Gasteiger partial charge in [0.15, 0.2) is 0 Å². The Bertz CT molecular complexity index is 636. The van der Waals surface area contributed by atoms with Crippen molar-refractivity contribution in [1.82, 2.24) is 5.32 Å². The van der Waals surface area contributed by atoms with Crippen molar-refractivity contribution in [1.29, 1.82) is 0 Å². The highest BCUT2D eigenvalue weighted by Crippen LogP contribution is 2.13. The van der Waals surface area contributed by atoms with Crippen molar-refractivity contribution in [3.05, 3.63) is 59.7 Å². The number of ether oxygens (including phenoxy) is 1. The maximum Gasteiger partial charge on any atom is 0.251 e. The Labute approximate surface area is 138 Å². The number of rotatable bonds is 7. The number of hydrogen-bond donors (Lipinski definition) is 1. The first-order valence-corrected chi connectivity index (χ1v) is 7.81. The highest BCUT2D eigenvalue weighted by atomic mass is 16.5. The fraction of sp³-hybridized carbons (Fsp3) is 0.316. The molecule has 0 aromatic heterocycles. The van der Waals surface area contributed by atoms with Crippen LogP contribution in [0.2, 0.25) is 0 Å². The van der Waals surface area contributed by atoms with Crippen molar-refractivity contribution in [2.75, 3.05) is 32.1 Å². The van der Waals surface area contributed by atoms with E-state index >= 15 is 0 Å². The summed E-state index contributed by atoms with van der Waals surface area (Å²) in [7, 11) is 3.95. The van der Waals surface area contributed by atoms with Crippen molar-refractivity contribution in [3.63, 3.8) is 0 Å². The van der Waals surface area contributed by atoms with Crippen LogP contribution in [-0.2, 0) is 0 Å². The quantitative estimate of drug-likeness (QED) is 0.798. The zero-order valence-corrected chi connectivity index (χ0v) is 14.0. The second kappa shape index (κ2) is 8.22. The molecule has 0 aliphatic carbocycles. The van der Waals surface area contributed by atoms with Gasteiger partial charge in [-0.15, -0.1) is 0 Å². The van der Waals surface area contributed by atoms with Gasteiger partial charge in [-0.25, -0.2) is 0 Å². The zero-order chi connectivity index (χ0) is 16.7. The van der Waals surface area contributed by atoms with E-state index in [1.807, 2.05) is 74.4 Å². The third kappa shape index (κ3) is 5.33. The number of carbonyl (C=O) groups is 1. The van der Waals surface area contributed by atoms with E-state index in [0.717, 1.165) is 17.9 Å². The Morgan fingerprint density at radius 3 is 2.52 bits per heavy atom. The number of amides is 1. The SMILES string of the molecule is Cc1cccc(OCCCNC(=O)c2ccc(N(C)C)cc2)c1.